The monoisotopic (exact) mass is 479 g/mol. The Bertz CT molecular complexity index is 1270. The number of rotatable bonds is 2. The lowest BCUT2D eigenvalue weighted by atomic mass is 9.83. The van der Waals surface area contributed by atoms with Crippen LogP contribution in [0.15, 0.2) is 29.1 Å². The fourth-order valence-corrected chi connectivity index (χ4v) is 6.27. The zero-order valence-corrected chi connectivity index (χ0v) is 19.6. The molecule has 2 saturated heterocycles. The fourth-order valence-electron chi connectivity index (χ4n) is 6.27. The van der Waals surface area contributed by atoms with Crippen molar-refractivity contribution in [1.29, 1.82) is 0 Å². The highest BCUT2D eigenvalue weighted by Gasteiger charge is 2.41. The number of hydrogen-bond donors (Lipinski definition) is 3. The van der Waals surface area contributed by atoms with Crippen molar-refractivity contribution < 1.29 is 14.4 Å². The highest BCUT2D eigenvalue weighted by atomic mass is 16.2. The molecule has 2 aromatic heterocycles. The lowest BCUT2D eigenvalue weighted by molar-refractivity contribution is -0.145. The maximum absolute atomic E-state index is 13.1. The van der Waals surface area contributed by atoms with Crippen molar-refractivity contribution in [2.75, 3.05) is 18.4 Å². The van der Waals surface area contributed by atoms with Gasteiger partial charge in [-0.3, -0.25) is 24.5 Å². The Kier molecular flexibility index (Phi) is 5.24. The fraction of sp³-hybridized carbons (Fsp3) is 0.542. The van der Waals surface area contributed by atoms with Gasteiger partial charge in [0.1, 0.15) is 5.82 Å². The van der Waals surface area contributed by atoms with E-state index in [1.54, 1.807) is 34.6 Å². The lowest BCUT2D eigenvalue weighted by Gasteiger charge is -2.42. The molecule has 5 heterocycles. The van der Waals surface area contributed by atoms with E-state index in [1.807, 2.05) is 6.07 Å². The second kappa shape index (κ2) is 8.33. The molecule has 3 N–H and O–H groups in total. The summed E-state index contributed by atoms with van der Waals surface area (Å²) in [5.74, 6) is -0.886. The predicted molar refractivity (Wildman–Crippen MR) is 125 cm³/mol. The number of pyridine rings is 1. The summed E-state index contributed by atoms with van der Waals surface area (Å²) in [6, 6.07) is 7.00. The Morgan fingerprint density at radius 3 is 2.86 bits per heavy atom. The number of carbonyl (C=O) groups excluding carboxylic acids is 3. The molecule has 11 nitrogen and oxygen atoms in total. The van der Waals surface area contributed by atoms with Crippen LogP contribution in [-0.2, 0) is 20.9 Å². The van der Waals surface area contributed by atoms with Crippen LogP contribution in [0, 0.1) is 18.8 Å². The van der Waals surface area contributed by atoms with Crippen LogP contribution in [0.4, 0.5) is 5.82 Å². The SMILES string of the molecule is Cc1cc(NC(=O)C(=O)N2CC3CC(C2)c2cccc(=O)n2C3)n(C2NC(=O)C3CCCC3N2)n1. The molecule has 3 aliphatic heterocycles. The Morgan fingerprint density at radius 1 is 1.14 bits per heavy atom. The molecule has 5 unspecified atom stereocenters. The quantitative estimate of drug-likeness (QED) is 0.531. The van der Waals surface area contributed by atoms with E-state index < -0.39 is 18.1 Å². The average molecular weight is 480 g/mol. The molecule has 35 heavy (non-hydrogen) atoms. The van der Waals surface area contributed by atoms with Crippen molar-refractivity contribution >= 4 is 23.5 Å². The van der Waals surface area contributed by atoms with Crippen molar-refractivity contribution in [2.24, 2.45) is 11.8 Å². The molecular weight excluding hydrogens is 450 g/mol. The number of amides is 3. The summed E-state index contributed by atoms with van der Waals surface area (Å²) in [5, 5.41) is 13.5. The first kappa shape index (κ1) is 22.0. The molecule has 3 fully saturated rings. The molecule has 0 spiro atoms. The number of aryl methyl sites for hydroxylation is 1. The summed E-state index contributed by atoms with van der Waals surface area (Å²) >= 11 is 0. The molecule has 6 rings (SSSR count). The third-order valence-corrected chi connectivity index (χ3v) is 7.81. The summed E-state index contributed by atoms with van der Waals surface area (Å²) in [5.41, 5.74) is 1.56. The zero-order valence-electron chi connectivity index (χ0n) is 19.6. The molecule has 11 heteroatoms. The van der Waals surface area contributed by atoms with Crippen molar-refractivity contribution in [3.63, 3.8) is 0 Å². The molecule has 184 valence electrons. The van der Waals surface area contributed by atoms with Crippen LogP contribution in [0.1, 0.15) is 49.3 Å². The number of carbonyl (C=O) groups is 3. The molecule has 4 aliphatic rings. The van der Waals surface area contributed by atoms with Gasteiger partial charge in [-0.2, -0.15) is 5.10 Å². The first-order valence-electron chi connectivity index (χ1n) is 12.3. The van der Waals surface area contributed by atoms with Crippen molar-refractivity contribution in [2.45, 2.75) is 57.4 Å². The van der Waals surface area contributed by atoms with E-state index in [4.69, 9.17) is 0 Å². The van der Waals surface area contributed by atoms with E-state index in [2.05, 4.69) is 21.0 Å². The molecule has 3 amide bonds. The Hall–Kier alpha value is -3.47. The lowest BCUT2D eigenvalue weighted by Crippen LogP contribution is -2.57. The number of nitrogens with one attached hydrogen (secondary N) is 3. The van der Waals surface area contributed by atoms with E-state index in [-0.39, 0.29) is 35.3 Å². The Morgan fingerprint density at radius 2 is 2.00 bits per heavy atom. The number of anilines is 1. The summed E-state index contributed by atoms with van der Waals surface area (Å²) < 4.78 is 3.32. The van der Waals surface area contributed by atoms with Crippen LogP contribution >= 0.6 is 0 Å². The van der Waals surface area contributed by atoms with Gasteiger partial charge in [-0.05, 0) is 38.2 Å². The predicted octanol–water partition coefficient (Wildman–Crippen LogP) is 0.282. The van der Waals surface area contributed by atoms with Gasteiger partial charge >= 0.3 is 11.8 Å². The number of hydrogen-bond acceptors (Lipinski definition) is 6. The molecule has 2 bridgehead atoms. The summed E-state index contributed by atoms with van der Waals surface area (Å²) in [6.07, 6.45) is 3.08. The third kappa shape index (κ3) is 3.83. The van der Waals surface area contributed by atoms with Gasteiger partial charge in [-0.15, -0.1) is 0 Å². The molecule has 5 atom stereocenters. The summed E-state index contributed by atoms with van der Waals surface area (Å²) in [6.45, 7) is 3.18. The second-order valence-electron chi connectivity index (χ2n) is 10.2. The smallest absolute Gasteiger partial charge is 0.315 e. The highest BCUT2D eigenvalue weighted by Crippen LogP contribution is 2.35. The van der Waals surface area contributed by atoms with Crippen LogP contribution < -0.4 is 21.5 Å². The van der Waals surface area contributed by atoms with Crippen molar-refractivity contribution in [1.82, 2.24) is 29.9 Å². The molecule has 2 aromatic rings. The van der Waals surface area contributed by atoms with Gasteiger partial charge in [0.05, 0.1) is 11.6 Å². The zero-order chi connectivity index (χ0) is 24.3. The van der Waals surface area contributed by atoms with Gasteiger partial charge in [0.25, 0.3) is 5.56 Å². The highest BCUT2D eigenvalue weighted by molar-refractivity contribution is 6.39. The van der Waals surface area contributed by atoms with Crippen LogP contribution in [0.5, 0.6) is 0 Å². The number of piperidine rings is 1. The van der Waals surface area contributed by atoms with Crippen LogP contribution in [0.25, 0.3) is 0 Å². The van der Waals surface area contributed by atoms with Gasteiger partial charge < -0.3 is 20.1 Å². The molecular formula is C24H29N7O4. The summed E-state index contributed by atoms with van der Waals surface area (Å²) in [4.78, 5) is 52.5. The second-order valence-corrected chi connectivity index (χ2v) is 10.2. The van der Waals surface area contributed by atoms with E-state index in [9.17, 15) is 19.2 Å². The number of fused-ring (bicyclic) bond motifs is 5. The molecule has 0 aromatic carbocycles. The standard InChI is InChI=1S/C24H29N7O4/c1-13-8-19(31(28-13)24-25-17-5-2-4-16(17)21(33)27-24)26-22(34)23(35)29-10-14-9-15(12-29)18-6-3-7-20(32)30(18)11-14/h3,6-8,14-17,24-25H,2,4-5,9-12H2,1H3,(H,26,34)(H,27,33). The molecule has 1 aliphatic carbocycles. The molecule has 1 saturated carbocycles. The van der Waals surface area contributed by atoms with Gasteiger partial charge in [0.2, 0.25) is 5.91 Å². The topological polar surface area (TPSA) is 130 Å². The third-order valence-electron chi connectivity index (χ3n) is 7.81. The van der Waals surface area contributed by atoms with Gasteiger partial charge in [-0.25, -0.2) is 4.68 Å². The number of likely N-dealkylation sites (tertiary alicyclic amines) is 1. The maximum Gasteiger partial charge on any atom is 0.315 e. The van der Waals surface area contributed by atoms with Crippen molar-refractivity contribution in [3.05, 3.63) is 46.0 Å². The number of nitrogens with zero attached hydrogens (tertiary/aromatic N) is 4. The van der Waals surface area contributed by atoms with Gasteiger partial charge in [0.15, 0.2) is 6.29 Å². The minimum Gasteiger partial charge on any atom is -0.333 e. The average Bonchev–Trinajstić information content (AvgIpc) is 3.45. The van der Waals surface area contributed by atoms with E-state index >= 15 is 0 Å². The van der Waals surface area contributed by atoms with Crippen molar-refractivity contribution in [3.8, 4) is 0 Å². The van der Waals surface area contributed by atoms with Gasteiger partial charge in [0, 0.05) is 49.4 Å². The van der Waals surface area contributed by atoms with Gasteiger partial charge in [-0.1, -0.05) is 12.5 Å². The molecule has 0 radical (unpaired) electrons. The largest absolute Gasteiger partial charge is 0.333 e. The summed E-state index contributed by atoms with van der Waals surface area (Å²) in [7, 11) is 0. The first-order chi connectivity index (χ1) is 16.9. The van der Waals surface area contributed by atoms with Crippen LogP contribution in [0.2, 0.25) is 0 Å². The maximum atomic E-state index is 13.1. The van der Waals surface area contributed by atoms with E-state index in [1.165, 1.54) is 4.68 Å². The van der Waals surface area contributed by atoms with Crippen LogP contribution in [0.3, 0.4) is 0 Å². The van der Waals surface area contributed by atoms with E-state index in [0.29, 0.717) is 31.1 Å². The normalized spacial score (nSPS) is 29.2. The first-order valence-corrected chi connectivity index (χ1v) is 12.3. The van der Waals surface area contributed by atoms with E-state index in [0.717, 1.165) is 31.4 Å². The Balaban J connectivity index is 1.17. The number of aromatic nitrogens is 3. The van der Waals surface area contributed by atoms with Crippen LogP contribution in [-0.4, -0.2) is 56.1 Å². The Labute approximate surface area is 201 Å². The minimum atomic E-state index is -0.738. The minimum absolute atomic E-state index is 0.0167.